The number of aryl methyl sites for hydroxylation is 1. The average molecular weight is 294 g/mol. The fourth-order valence-corrected chi connectivity index (χ4v) is 2.93. The predicted octanol–water partition coefficient (Wildman–Crippen LogP) is 4.85. The van der Waals surface area contributed by atoms with E-state index < -0.39 is 0 Å². The zero-order chi connectivity index (χ0) is 14.3. The van der Waals surface area contributed by atoms with E-state index in [1.807, 2.05) is 11.6 Å². The molecule has 0 radical (unpaired) electrons. The molecule has 3 rings (SSSR count). The van der Waals surface area contributed by atoms with Crippen LogP contribution in [-0.4, -0.2) is 11.5 Å². The molecule has 0 aliphatic rings. The lowest BCUT2D eigenvalue weighted by atomic mass is 10.1. The summed E-state index contributed by atoms with van der Waals surface area (Å²) in [6, 6.07) is 19.1. The van der Waals surface area contributed by atoms with Crippen molar-refractivity contribution >= 4 is 17.0 Å². The molecular formula is C18H18N2S. The zero-order valence-corrected chi connectivity index (χ0v) is 12.6. The molecule has 3 aromatic rings. The lowest BCUT2D eigenvalue weighted by molar-refractivity contribution is 0.863. The maximum atomic E-state index is 4.35. The molecule has 21 heavy (non-hydrogen) atoms. The monoisotopic (exact) mass is 294 g/mol. The first kappa shape index (κ1) is 13.8. The van der Waals surface area contributed by atoms with E-state index in [-0.39, 0.29) is 0 Å². The maximum Gasteiger partial charge on any atom is 0.123 e. The number of rotatable bonds is 6. The molecule has 0 aliphatic heterocycles. The number of aromatic nitrogens is 1. The average Bonchev–Trinajstić information content (AvgIpc) is 3.07. The van der Waals surface area contributed by atoms with Crippen LogP contribution >= 0.6 is 11.3 Å². The minimum Gasteiger partial charge on any atom is -0.385 e. The summed E-state index contributed by atoms with van der Waals surface area (Å²) in [4.78, 5) is 4.35. The Hall–Kier alpha value is -2.13. The molecule has 0 aliphatic carbocycles. The SMILES string of the molecule is c1ccc(CCCNc2cccc(-c3nccs3)c2)cc1. The molecular weight excluding hydrogens is 276 g/mol. The lowest BCUT2D eigenvalue weighted by Crippen LogP contribution is -2.02. The number of hydrogen-bond acceptors (Lipinski definition) is 3. The Morgan fingerprint density at radius 2 is 1.90 bits per heavy atom. The highest BCUT2D eigenvalue weighted by Crippen LogP contribution is 2.24. The quantitative estimate of drug-likeness (QED) is 0.657. The van der Waals surface area contributed by atoms with Crippen molar-refractivity contribution in [2.75, 3.05) is 11.9 Å². The van der Waals surface area contributed by atoms with Crippen molar-refractivity contribution < 1.29 is 0 Å². The summed E-state index contributed by atoms with van der Waals surface area (Å²) in [6.07, 6.45) is 4.09. The van der Waals surface area contributed by atoms with E-state index in [0.717, 1.165) is 30.1 Å². The van der Waals surface area contributed by atoms with Gasteiger partial charge in [-0.1, -0.05) is 42.5 Å². The van der Waals surface area contributed by atoms with Crippen LogP contribution in [0.5, 0.6) is 0 Å². The second kappa shape index (κ2) is 7.04. The molecule has 1 heterocycles. The van der Waals surface area contributed by atoms with Crippen molar-refractivity contribution in [3.8, 4) is 10.6 Å². The highest BCUT2D eigenvalue weighted by atomic mass is 32.1. The van der Waals surface area contributed by atoms with Crippen molar-refractivity contribution in [3.05, 3.63) is 71.7 Å². The van der Waals surface area contributed by atoms with Crippen LogP contribution in [-0.2, 0) is 6.42 Å². The van der Waals surface area contributed by atoms with E-state index in [9.17, 15) is 0 Å². The molecule has 1 N–H and O–H groups in total. The minimum absolute atomic E-state index is 0.982. The molecule has 0 atom stereocenters. The van der Waals surface area contributed by atoms with Gasteiger partial charge in [-0.05, 0) is 30.5 Å². The Kier molecular flexibility index (Phi) is 4.64. The van der Waals surface area contributed by atoms with Gasteiger partial charge >= 0.3 is 0 Å². The fourth-order valence-electron chi connectivity index (χ4n) is 2.30. The molecule has 0 bridgehead atoms. The van der Waals surface area contributed by atoms with Gasteiger partial charge in [-0.2, -0.15) is 0 Å². The standard InChI is InChI=1S/C18H18N2S/c1-2-6-15(7-3-1)8-5-11-19-17-10-4-9-16(14-17)18-20-12-13-21-18/h1-4,6-7,9-10,12-14,19H,5,8,11H2. The largest absolute Gasteiger partial charge is 0.385 e. The fraction of sp³-hybridized carbons (Fsp3) is 0.167. The predicted molar refractivity (Wildman–Crippen MR) is 90.8 cm³/mol. The van der Waals surface area contributed by atoms with Gasteiger partial charge in [0, 0.05) is 29.4 Å². The third-order valence-corrected chi connectivity index (χ3v) is 4.18. The van der Waals surface area contributed by atoms with E-state index in [0.29, 0.717) is 0 Å². The van der Waals surface area contributed by atoms with E-state index >= 15 is 0 Å². The van der Waals surface area contributed by atoms with Crippen LogP contribution in [0.3, 0.4) is 0 Å². The van der Waals surface area contributed by atoms with Gasteiger partial charge in [0.15, 0.2) is 0 Å². The number of nitrogens with zero attached hydrogens (tertiary/aromatic N) is 1. The van der Waals surface area contributed by atoms with E-state index in [2.05, 4.69) is 64.9 Å². The van der Waals surface area contributed by atoms with Crippen molar-refractivity contribution in [3.63, 3.8) is 0 Å². The molecule has 0 amide bonds. The first-order valence-corrected chi connectivity index (χ1v) is 8.07. The van der Waals surface area contributed by atoms with Gasteiger partial charge in [-0.25, -0.2) is 4.98 Å². The molecule has 3 heteroatoms. The van der Waals surface area contributed by atoms with Crippen molar-refractivity contribution in [2.45, 2.75) is 12.8 Å². The van der Waals surface area contributed by atoms with Crippen LogP contribution in [0.4, 0.5) is 5.69 Å². The first-order chi connectivity index (χ1) is 10.4. The molecule has 0 saturated heterocycles. The maximum absolute atomic E-state index is 4.35. The molecule has 0 saturated carbocycles. The Bertz CT molecular complexity index is 663. The first-order valence-electron chi connectivity index (χ1n) is 7.19. The van der Waals surface area contributed by atoms with Crippen molar-refractivity contribution in [2.24, 2.45) is 0 Å². The van der Waals surface area contributed by atoms with Gasteiger partial charge in [-0.15, -0.1) is 11.3 Å². The molecule has 0 spiro atoms. The van der Waals surface area contributed by atoms with Crippen LogP contribution in [0.1, 0.15) is 12.0 Å². The van der Waals surface area contributed by atoms with E-state index in [1.54, 1.807) is 11.3 Å². The summed E-state index contributed by atoms with van der Waals surface area (Å²) in [5.41, 5.74) is 3.74. The molecule has 2 aromatic carbocycles. The number of nitrogens with one attached hydrogen (secondary N) is 1. The third-order valence-electron chi connectivity index (χ3n) is 3.36. The van der Waals surface area contributed by atoms with Crippen LogP contribution in [0.15, 0.2) is 66.2 Å². The topological polar surface area (TPSA) is 24.9 Å². The summed E-state index contributed by atoms with van der Waals surface area (Å²) in [5, 5.41) is 6.58. The summed E-state index contributed by atoms with van der Waals surface area (Å²) >= 11 is 1.67. The summed E-state index contributed by atoms with van der Waals surface area (Å²) in [5.74, 6) is 0. The normalized spacial score (nSPS) is 10.5. The number of benzene rings is 2. The molecule has 1 aromatic heterocycles. The summed E-state index contributed by atoms with van der Waals surface area (Å²) in [7, 11) is 0. The number of thiazole rings is 1. The Labute approximate surface area is 129 Å². The van der Waals surface area contributed by atoms with Crippen LogP contribution in [0.25, 0.3) is 10.6 Å². The highest BCUT2D eigenvalue weighted by Gasteiger charge is 2.01. The summed E-state index contributed by atoms with van der Waals surface area (Å²) in [6.45, 7) is 0.982. The zero-order valence-electron chi connectivity index (χ0n) is 11.8. The Morgan fingerprint density at radius 3 is 2.71 bits per heavy atom. The van der Waals surface area contributed by atoms with Crippen LogP contribution < -0.4 is 5.32 Å². The van der Waals surface area contributed by atoms with Gasteiger partial charge in [0.05, 0.1) is 0 Å². The molecule has 0 unspecified atom stereocenters. The summed E-state index contributed by atoms with van der Waals surface area (Å²) < 4.78 is 0. The van der Waals surface area contributed by atoms with E-state index in [4.69, 9.17) is 0 Å². The molecule has 2 nitrogen and oxygen atoms in total. The third kappa shape index (κ3) is 3.92. The second-order valence-corrected chi connectivity index (χ2v) is 5.83. The Balaban J connectivity index is 1.53. The smallest absolute Gasteiger partial charge is 0.123 e. The van der Waals surface area contributed by atoms with Crippen molar-refractivity contribution in [1.29, 1.82) is 0 Å². The minimum atomic E-state index is 0.982. The van der Waals surface area contributed by atoms with Gasteiger partial charge in [0.25, 0.3) is 0 Å². The van der Waals surface area contributed by atoms with Crippen LogP contribution in [0.2, 0.25) is 0 Å². The van der Waals surface area contributed by atoms with Gasteiger partial charge < -0.3 is 5.32 Å². The molecule has 0 fully saturated rings. The van der Waals surface area contributed by atoms with Crippen molar-refractivity contribution in [1.82, 2.24) is 4.98 Å². The van der Waals surface area contributed by atoms with Crippen LogP contribution in [0, 0.1) is 0 Å². The van der Waals surface area contributed by atoms with Gasteiger partial charge in [-0.3, -0.25) is 0 Å². The Morgan fingerprint density at radius 1 is 1.00 bits per heavy atom. The number of hydrogen-bond donors (Lipinski definition) is 1. The highest BCUT2D eigenvalue weighted by molar-refractivity contribution is 7.13. The second-order valence-electron chi connectivity index (χ2n) is 4.93. The van der Waals surface area contributed by atoms with Gasteiger partial charge in [0.1, 0.15) is 5.01 Å². The van der Waals surface area contributed by atoms with E-state index in [1.165, 1.54) is 11.1 Å². The van der Waals surface area contributed by atoms with Gasteiger partial charge in [0.2, 0.25) is 0 Å². The lowest BCUT2D eigenvalue weighted by Gasteiger charge is -2.07. The number of anilines is 1. The molecule has 106 valence electrons.